The van der Waals surface area contributed by atoms with Crippen LogP contribution in [0.5, 0.6) is 11.5 Å². The zero-order chi connectivity index (χ0) is 18.2. The number of benzene rings is 1. The third-order valence-corrected chi connectivity index (χ3v) is 4.54. The second-order valence-corrected chi connectivity index (χ2v) is 6.19. The number of nitro groups is 1. The number of nitrogens with one attached hydrogen (secondary N) is 1. The van der Waals surface area contributed by atoms with Gasteiger partial charge >= 0.3 is 5.69 Å². The Morgan fingerprint density at radius 3 is 2.72 bits per heavy atom. The highest BCUT2D eigenvalue weighted by Gasteiger charge is 2.24. The number of hydrogen-bond donors (Lipinski definition) is 2. The van der Waals surface area contributed by atoms with Crippen LogP contribution in [0.1, 0.15) is 32.1 Å². The van der Waals surface area contributed by atoms with E-state index in [1.165, 1.54) is 44.6 Å². The van der Waals surface area contributed by atoms with Gasteiger partial charge in [0.1, 0.15) is 5.75 Å². The minimum Gasteiger partial charge on any atom is -0.490 e. The number of amides is 1. The second-order valence-electron chi connectivity index (χ2n) is 6.19. The molecule has 8 heteroatoms. The van der Waals surface area contributed by atoms with E-state index < -0.39 is 4.92 Å². The van der Waals surface area contributed by atoms with Gasteiger partial charge in [0.25, 0.3) is 5.91 Å². The predicted molar refractivity (Wildman–Crippen MR) is 92.7 cm³/mol. The van der Waals surface area contributed by atoms with Crippen molar-refractivity contribution in [1.29, 1.82) is 0 Å². The number of methoxy groups -OCH3 is 1. The number of ether oxygens (including phenoxy) is 2. The van der Waals surface area contributed by atoms with E-state index in [4.69, 9.17) is 15.2 Å². The summed E-state index contributed by atoms with van der Waals surface area (Å²) in [5.41, 5.74) is 5.65. The van der Waals surface area contributed by atoms with Crippen LogP contribution in [0.3, 0.4) is 0 Å². The minimum atomic E-state index is -0.536. The van der Waals surface area contributed by atoms with Gasteiger partial charge in [-0.3, -0.25) is 14.9 Å². The monoisotopic (exact) mass is 351 g/mol. The van der Waals surface area contributed by atoms with Gasteiger partial charge in [-0.2, -0.15) is 0 Å². The molecule has 0 aromatic heterocycles. The highest BCUT2D eigenvalue weighted by Crippen LogP contribution is 2.30. The van der Waals surface area contributed by atoms with Gasteiger partial charge < -0.3 is 20.5 Å². The second kappa shape index (κ2) is 9.22. The van der Waals surface area contributed by atoms with Gasteiger partial charge in [0.15, 0.2) is 6.61 Å². The summed E-state index contributed by atoms with van der Waals surface area (Å²) < 4.78 is 10.4. The Morgan fingerprint density at radius 2 is 2.12 bits per heavy atom. The lowest BCUT2D eigenvalue weighted by Crippen LogP contribution is -2.47. The van der Waals surface area contributed by atoms with E-state index in [0.717, 1.165) is 12.8 Å². The standard InChI is InChI=1S/C17H25N3O5/c1-24-16-9-13(7-8-15(16)20(22)23)25-11-17(21)19-14(10-18)12-5-3-2-4-6-12/h7-9,12,14H,2-6,10-11,18H2,1H3,(H,19,21). The molecular weight excluding hydrogens is 326 g/mol. The summed E-state index contributed by atoms with van der Waals surface area (Å²) in [4.78, 5) is 22.5. The molecule has 25 heavy (non-hydrogen) atoms. The smallest absolute Gasteiger partial charge is 0.311 e. The van der Waals surface area contributed by atoms with E-state index in [1.54, 1.807) is 0 Å². The van der Waals surface area contributed by atoms with Gasteiger partial charge in [-0.05, 0) is 24.8 Å². The first-order chi connectivity index (χ1) is 12.0. The van der Waals surface area contributed by atoms with E-state index in [1.807, 2.05) is 0 Å². The van der Waals surface area contributed by atoms with Gasteiger partial charge in [-0.15, -0.1) is 0 Å². The zero-order valence-corrected chi connectivity index (χ0v) is 14.4. The molecule has 1 aromatic carbocycles. The van der Waals surface area contributed by atoms with E-state index in [2.05, 4.69) is 5.32 Å². The highest BCUT2D eigenvalue weighted by atomic mass is 16.6. The summed E-state index contributed by atoms with van der Waals surface area (Å²) in [6.07, 6.45) is 5.77. The maximum atomic E-state index is 12.1. The molecule has 3 N–H and O–H groups in total. The molecule has 0 bridgehead atoms. The lowest BCUT2D eigenvalue weighted by atomic mass is 9.84. The molecule has 0 heterocycles. The molecule has 0 saturated heterocycles. The maximum Gasteiger partial charge on any atom is 0.311 e. The summed E-state index contributed by atoms with van der Waals surface area (Å²) in [6, 6.07) is 4.09. The van der Waals surface area contributed by atoms with Gasteiger partial charge in [-0.25, -0.2) is 0 Å². The van der Waals surface area contributed by atoms with Gasteiger partial charge in [0.05, 0.1) is 12.0 Å². The molecule has 1 amide bonds. The topological polar surface area (TPSA) is 117 Å². The van der Waals surface area contributed by atoms with Crippen LogP contribution in [0.4, 0.5) is 5.69 Å². The first-order valence-electron chi connectivity index (χ1n) is 8.49. The largest absolute Gasteiger partial charge is 0.490 e. The van der Waals surface area contributed by atoms with E-state index in [-0.39, 0.29) is 30.0 Å². The van der Waals surface area contributed by atoms with Crippen LogP contribution in [-0.4, -0.2) is 37.1 Å². The van der Waals surface area contributed by atoms with Crippen molar-refractivity contribution < 1.29 is 19.2 Å². The normalized spacial score (nSPS) is 16.1. The van der Waals surface area contributed by atoms with Crippen molar-refractivity contribution in [3.63, 3.8) is 0 Å². The molecule has 1 unspecified atom stereocenters. The van der Waals surface area contributed by atoms with E-state index >= 15 is 0 Å². The Morgan fingerprint density at radius 1 is 1.40 bits per heavy atom. The zero-order valence-electron chi connectivity index (χ0n) is 14.4. The van der Waals surface area contributed by atoms with Crippen molar-refractivity contribution in [2.45, 2.75) is 38.1 Å². The molecule has 138 valence electrons. The van der Waals surface area contributed by atoms with Crippen LogP contribution in [0, 0.1) is 16.0 Å². The van der Waals surface area contributed by atoms with Crippen LogP contribution in [0.2, 0.25) is 0 Å². The van der Waals surface area contributed by atoms with Crippen LogP contribution in [0.15, 0.2) is 18.2 Å². The average molecular weight is 351 g/mol. The van der Waals surface area contributed by atoms with Crippen LogP contribution in [-0.2, 0) is 4.79 Å². The summed E-state index contributed by atoms with van der Waals surface area (Å²) in [5.74, 6) is 0.588. The molecule has 1 aromatic rings. The summed E-state index contributed by atoms with van der Waals surface area (Å²) >= 11 is 0. The third-order valence-electron chi connectivity index (χ3n) is 4.54. The molecule has 1 aliphatic carbocycles. The number of carbonyl (C=O) groups excluding carboxylic acids is 1. The molecule has 1 aliphatic rings. The lowest BCUT2D eigenvalue weighted by Gasteiger charge is -2.30. The minimum absolute atomic E-state index is 0.0391. The predicted octanol–water partition coefficient (Wildman–Crippen LogP) is 2.01. The summed E-state index contributed by atoms with van der Waals surface area (Å²) in [7, 11) is 1.34. The van der Waals surface area contributed by atoms with E-state index in [0.29, 0.717) is 18.2 Å². The van der Waals surface area contributed by atoms with Crippen molar-refractivity contribution in [2.75, 3.05) is 20.3 Å². The molecule has 1 atom stereocenters. The van der Waals surface area contributed by atoms with Crippen LogP contribution >= 0.6 is 0 Å². The van der Waals surface area contributed by atoms with Crippen molar-refractivity contribution in [2.24, 2.45) is 11.7 Å². The van der Waals surface area contributed by atoms with Gasteiger partial charge in [-0.1, -0.05) is 19.3 Å². The van der Waals surface area contributed by atoms with Crippen LogP contribution < -0.4 is 20.5 Å². The number of hydrogen-bond acceptors (Lipinski definition) is 6. The first kappa shape index (κ1) is 19.0. The molecule has 0 aliphatic heterocycles. The molecule has 0 radical (unpaired) electrons. The Kier molecular flexibility index (Phi) is 7.00. The average Bonchev–Trinajstić information content (AvgIpc) is 2.64. The molecule has 8 nitrogen and oxygen atoms in total. The number of carbonyl (C=O) groups is 1. The third kappa shape index (κ3) is 5.32. The summed E-state index contributed by atoms with van der Waals surface area (Å²) in [5, 5.41) is 13.8. The number of rotatable bonds is 8. The molecule has 0 spiro atoms. The van der Waals surface area contributed by atoms with Crippen molar-refractivity contribution in [3.8, 4) is 11.5 Å². The maximum absolute atomic E-state index is 12.1. The highest BCUT2D eigenvalue weighted by molar-refractivity contribution is 5.78. The molecule has 1 fully saturated rings. The van der Waals surface area contributed by atoms with Crippen molar-refractivity contribution in [1.82, 2.24) is 5.32 Å². The van der Waals surface area contributed by atoms with Crippen molar-refractivity contribution >= 4 is 11.6 Å². The van der Waals surface area contributed by atoms with E-state index in [9.17, 15) is 14.9 Å². The Balaban J connectivity index is 1.89. The Hall–Kier alpha value is -2.35. The lowest BCUT2D eigenvalue weighted by molar-refractivity contribution is -0.385. The Labute approximate surface area is 146 Å². The fourth-order valence-corrected chi connectivity index (χ4v) is 3.20. The van der Waals surface area contributed by atoms with Crippen LogP contribution in [0.25, 0.3) is 0 Å². The fraction of sp³-hybridized carbons (Fsp3) is 0.588. The molecule has 2 rings (SSSR count). The number of nitrogens with zero attached hydrogens (tertiary/aromatic N) is 1. The van der Waals surface area contributed by atoms with Gasteiger partial charge in [0.2, 0.25) is 5.75 Å². The first-order valence-corrected chi connectivity index (χ1v) is 8.49. The quantitative estimate of drug-likeness (QED) is 0.546. The van der Waals surface area contributed by atoms with Crippen molar-refractivity contribution in [3.05, 3.63) is 28.3 Å². The number of nitro benzene ring substituents is 1. The molecule has 1 saturated carbocycles. The Bertz CT molecular complexity index is 602. The molecular formula is C17H25N3O5. The number of nitrogens with two attached hydrogens (primary N) is 1. The SMILES string of the molecule is COc1cc(OCC(=O)NC(CN)C2CCCCC2)ccc1[N+](=O)[O-]. The van der Waals surface area contributed by atoms with Gasteiger partial charge in [0, 0.05) is 24.7 Å². The summed E-state index contributed by atoms with van der Waals surface area (Å²) in [6.45, 7) is 0.228. The fourth-order valence-electron chi connectivity index (χ4n) is 3.20.